The summed E-state index contributed by atoms with van der Waals surface area (Å²) < 4.78 is 13.4. The Morgan fingerprint density at radius 2 is 2.00 bits per heavy atom. The maximum Gasteiger partial charge on any atom is 0.123 e. The number of benzene rings is 1. The van der Waals surface area contributed by atoms with E-state index in [0.29, 0.717) is 23.8 Å². The fourth-order valence-electron chi connectivity index (χ4n) is 4.68. The number of halogens is 1. The molecule has 2 fully saturated rings. The summed E-state index contributed by atoms with van der Waals surface area (Å²) in [5.74, 6) is 1.49. The van der Waals surface area contributed by atoms with E-state index in [-0.39, 0.29) is 11.4 Å². The highest BCUT2D eigenvalue weighted by molar-refractivity contribution is 5.31. The number of hydrogen-bond acceptors (Lipinski definition) is 2. The standard InChI is InChI=1S/C18H26FNO/c1-11-9-14(19)6-7-15(11)13-8-12(2)17-16(10-13)18(3,4)21-20(17)5/h6-7,9,12-13,16-17H,8,10H2,1-5H3/t12-,13+,16+,17+/m0/s1. The van der Waals surface area contributed by atoms with Gasteiger partial charge in [-0.15, -0.1) is 0 Å². The molecule has 0 spiro atoms. The van der Waals surface area contributed by atoms with Crippen LogP contribution < -0.4 is 0 Å². The number of rotatable bonds is 1. The zero-order valence-electron chi connectivity index (χ0n) is 13.7. The van der Waals surface area contributed by atoms with Crippen LogP contribution >= 0.6 is 0 Å². The van der Waals surface area contributed by atoms with Crippen LogP contribution in [0, 0.1) is 24.6 Å². The van der Waals surface area contributed by atoms with Gasteiger partial charge in [-0.05, 0) is 68.7 Å². The molecule has 116 valence electrons. The van der Waals surface area contributed by atoms with Crippen molar-refractivity contribution in [2.75, 3.05) is 7.05 Å². The average molecular weight is 291 g/mol. The van der Waals surface area contributed by atoms with Gasteiger partial charge < -0.3 is 0 Å². The van der Waals surface area contributed by atoms with Crippen molar-refractivity contribution in [1.82, 2.24) is 5.06 Å². The van der Waals surface area contributed by atoms with Crippen LogP contribution in [0.3, 0.4) is 0 Å². The SMILES string of the molecule is Cc1cc(F)ccc1[C@H]1C[C@@H]2[C@@H]([C@@H](C)C1)N(C)OC2(C)C. The van der Waals surface area contributed by atoms with E-state index in [4.69, 9.17) is 4.84 Å². The summed E-state index contributed by atoms with van der Waals surface area (Å²) >= 11 is 0. The predicted molar refractivity (Wildman–Crippen MR) is 82.5 cm³/mol. The van der Waals surface area contributed by atoms with Gasteiger partial charge in [-0.1, -0.05) is 13.0 Å². The lowest BCUT2D eigenvalue weighted by molar-refractivity contribution is -0.182. The van der Waals surface area contributed by atoms with Gasteiger partial charge in [0.05, 0.1) is 5.60 Å². The van der Waals surface area contributed by atoms with Crippen molar-refractivity contribution in [3.8, 4) is 0 Å². The first-order valence-electron chi connectivity index (χ1n) is 7.97. The minimum Gasteiger partial charge on any atom is -0.293 e. The van der Waals surface area contributed by atoms with Crippen LogP contribution in [0.15, 0.2) is 18.2 Å². The molecule has 2 aliphatic rings. The predicted octanol–water partition coefficient (Wildman–Crippen LogP) is 4.29. The van der Waals surface area contributed by atoms with Crippen molar-refractivity contribution in [3.63, 3.8) is 0 Å². The van der Waals surface area contributed by atoms with Crippen molar-refractivity contribution in [2.24, 2.45) is 11.8 Å². The summed E-state index contributed by atoms with van der Waals surface area (Å²) in [6, 6.07) is 5.74. The van der Waals surface area contributed by atoms with Crippen LogP contribution in [0.4, 0.5) is 4.39 Å². The van der Waals surface area contributed by atoms with Crippen LogP contribution in [0.2, 0.25) is 0 Å². The van der Waals surface area contributed by atoms with E-state index < -0.39 is 0 Å². The minimum absolute atomic E-state index is 0.111. The van der Waals surface area contributed by atoms with Gasteiger partial charge in [0.2, 0.25) is 0 Å². The third kappa shape index (κ3) is 2.51. The molecule has 0 unspecified atom stereocenters. The Morgan fingerprint density at radius 3 is 2.67 bits per heavy atom. The van der Waals surface area contributed by atoms with E-state index >= 15 is 0 Å². The molecule has 3 heteroatoms. The normalized spacial score (nSPS) is 35.7. The molecule has 1 aromatic rings. The van der Waals surface area contributed by atoms with Gasteiger partial charge in [0.1, 0.15) is 5.82 Å². The zero-order valence-corrected chi connectivity index (χ0v) is 13.7. The van der Waals surface area contributed by atoms with Crippen LogP contribution in [0.5, 0.6) is 0 Å². The number of aryl methyl sites for hydroxylation is 1. The number of hydroxylamine groups is 2. The lowest BCUT2D eigenvalue weighted by atomic mass is 9.65. The highest BCUT2D eigenvalue weighted by Crippen LogP contribution is 2.50. The van der Waals surface area contributed by atoms with E-state index in [9.17, 15) is 4.39 Å². The summed E-state index contributed by atoms with van der Waals surface area (Å²) in [6.45, 7) is 8.74. The first-order valence-corrected chi connectivity index (χ1v) is 7.97. The summed E-state index contributed by atoms with van der Waals surface area (Å²) in [5.41, 5.74) is 2.28. The largest absolute Gasteiger partial charge is 0.293 e. The van der Waals surface area contributed by atoms with Crippen LogP contribution in [0.1, 0.15) is 50.7 Å². The number of hydrogen-bond donors (Lipinski definition) is 0. The van der Waals surface area contributed by atoms with Gasteiger partial charge in [-0.25, -0.2) is 4.39 Å². The molecule has 1 aromatic carbocycles. The van der Waals surface area contributed by atoms with Gasteiger partial charge in [0.15, 0.2) is 0 Å². The molecule has 1 saturated heterocycles. The second-order valence-corrected chi connectivity index (χ2v) is 7.48. The second kappa shape index (κ2) is 5.06. The van der Waals surface area contributed by atoms with E-state index in [1.807, 2.05) is 13.0 Å². The topological polar surface area (TPSA) is 12.5 Å². The molecule has 0 bridgehead atoms. The molecule has 0 N–H and O–H groups in total. The second-order valence-electron chi connectivity index (χ2n) is 7.48. The molecule has 1 heterocycles. The zero-order chi connectivity index (χ0) is 15.4. The van der Waals surface area contributed by atoms with Crippen LogP contribution in [-0.2, 0) is 4.84 Å². The quantitative estimate of drug-likeness (QED) is 0.765. The molecule has 21 heavy (non-hydrogen) atoms. The van der Waals surface area contributed by atoms with Crippen molar-refractivity contribution in [1.29, 1.82) is 0 Å². The fourth-order valence-corrected chi connectivity index (χ4v) is 4.68. The Balaban J connectivity index is 1.90. The third-order valence-corrected chi connectivity index (χ3v) is 5.55. The molecule has 0 aromatic heterocycles. The van der Waals surface area contributed by atoms with Crippen molar-refractivity contribution < 1.29 is 9.23 Å². The summed E-state index contributed by atoms with van der Waals surface area (Å²) in [7, 11) is 2.06. The molecule has 0 radical (unpaired) electrons. The fraction of sp³-hybridized carbons (Fsp3) is 0.667. The van der Waals surface area contributed by atoms with Gasteiger partial charge in [-0.2, -0.15) is 5.06 Å². The van der Waals surface area contributed by atoms with Gasteiger partial charge in [0.25, 0.3) is 0 Å². The molecule has 1 aliphatic carbocycles. The first kappa shape index (κ1) is 15.0. The summed E-state index contributed by atoms with van der Waals surface area (Å²) in [6.07, 6.45) is 2.27. The summed E-state index contributed by atoms with van der Waals surface area (Å²) in [5, 5.41) is 2.07. The maximum absolute atomic E-state index is 13.4. The molecule has 3 rings (SSSR count). The highest BCUT2D eigenvalue weighted by atomic mass is 19.1. The average Bonchev–Trinajstić information content (AvgIpc) is 2.59. The molecule has 1 aliphatic heterocycles. The third-order valence-electron chi connectivity index (χ3n) is 5.55. The van der Waals surface area contributed by atoms with Crippen LogP contribution in [0.25, 0.3) is 0 Å². The van der Waals surface area contributed by atoms with E-state index in [0.717, 1.165) is 18.4 Å². The highest BCUT2D eigenvalue weighted by Gasteiger charge is 2.52. The number of fused-ring (bicyclic) bond motifs is 1. The van der Waals surface area contributed by atoms with E-state index in [1.165, 1.54) is 5.56 Å². The molecule has 0 amide bonds. The Labute approximate surface area is 127 Å². The Morgan fingerprint density at radius 1 is 1.29 bits per heavy atom. The molecule has 4 atom stereocenters. The number of nitrogens with zero attached hydrogens (tertiary/aromatic N) is 1. The van der Waals surface area contributed by atoms with E-state index in [2.05, 4.69) is 32.9 Å². The Kier molecular flexibility index (Phi) is 3.61. The maximum atomic E-state index is 13.4. The van der Waals surface area contributed by atoms with E-state index in [1.54, 1.807) is 12.1 Å². The smallest absolute Gasteiger partial charge is 0.123 e. The van der Waals surface area contributed by atoms with Crippen molar-refractivity contribution >= 4 is 0 Å². The van der Waals surface area contributed by atoms with Gasteiger partial charge in [-0.3, -0.25) is 4.84 Å². The molecule has 1 saturated carbocycles. The van der Waals surface area contributed by atoms with Crippen LogP contribution in [-0.4, -0.2) is 23.8 Å². The molecular formula is C18H26FNO. The van der Waals surface area contributed by atoms with Gasteiger partial charge in [0, 0.05) is 19.0 Å². The first-order chi connectivity index (χ1) is 9.79. The van der Waals surface area contributed by atoms with Crippen molar-refractivity contribution in [3.05, 3.63) is 35.1 Å². The lowest BCUT2D eigenvalue weighted by Crippen LogP contribution is -2.42. The lowest BCUT2D eigenvalue weighted by Gasteiger charge is -2.40. The minimum atomic E-state index is -0.137. The summed E-state index contributed by atoms with van der Waals surface area (Å²) in [4.78, 5) is 6.07. The molecule has 2 nitrogen and oxygen atoms in total. The monoisotopic (exact) mass is 291 g/mol. The van der Waals surface area contributed by atoms with Gasteiger partial charge >= 0.3 is 0 Å². The van der Waals surface area contributed by atoms with Crippen molar-refractivity contribution in [2.45, 2.75) is 58.1 Å². The Hall–Kier alpha value is -0.930. The Bertz CT molecular complexity index is 542. The molecular weight excluding hydrogens is 265 g/mol.